The van der Waals surface area contributed by atoms with Crippen molar-refractivity contribution in [3.05, 3.63) is 9.81 Å². The van der Waals surface area contributed by atoms with E-state index in [4.69, 9.17) is 0 Å². The molecule has 0 amide bonds. The highest BCUT2D eigenvalue weighted by Gasteiger charge is 2.29. The summed E-state index contributed by atoms with van der Waals surface area (Å²) >= 11 is 0. The van der Waals surface area contributed by atoms with Crippen molar-refractivity contribution in [3.8, 4) is 0 Å². The Balaban J connectivity index is 2.62. The van der Waals surface area contributed by atoms with Gasteiger partial charge in [0.05, 0.1) is 35.7 Å². The van der Waals surface area contributed by atoms with Gasteiger partial charge in [-0.15, -0.1) is 9.81 Å². The van der Waals surface area contributed by atoms with Gasteiger partial charge in [0.2, 0.25) is 0 Å². The van der Waals surface area contributed by atoms with E-state index in [9.17, 15) is 9.81 Å². The Morgan fingerprint density at radius 1 is 1.08 bits per heavy atom. The summed E-state index contributed by atoms with van der Waals surface area (Å²) in [7, 11) is 0. The molecular formula is C6H12N4O2. The maximum Gasteiger partial charge on any atom is 0.0671 e. The fraction of sp³-hybridized carbons (Fsp3) is 1.00. The standard InChI is InChI=1S/C6H12N4O2/c1-5-3-9(7-11)4-6(2)10(5)8-12/h5-6H,3-4H2,1-2H3. The fourth-order valence-electron chi connectivity index (χ4n) is 1.51. The average molecular weight is 172 g/mol. The van der Waals surface area contributed by atoms with Crippen LogP contribution in [0.5, 0.6) is 0 Å². The summed E-state index contributed by atoms with van der Waals surface area (Å²) in [6.07, 6.45) is 0. The Hall–Kier alpha value is -1.20. The molecule has 0 aromatic rings. The summed E-state index contributed by atoms with van der Waals surface area (Å²) in [5.74, 6) is 0. The number of hydrogen-bond donors (Lipinski definition) is 0. The largest absolute Gasteiger partial charge is 0.257 e. The third-order valence-corrected chi connectivity index (χ3v) is 2.06. The minimum atomic E-state index is -0.0380. The number of piperazine rings is 1. The molecule has 1 aliphatic rings. The monoisotopic (exact) mass is 172 g/mol. The maximum atomic E-state index is 10.3. The topological polar surface area (TPSA) is 65.3 Å². The lowest BCUT2D eigenvalue weighted by molar-refractivity contribution is 0.0402. The van der Waals surface area contributed by atoms with Gasteiger partial charge in [-0.2, -0.15) is 0 Å². The lowest BCUT2D eigenvalue weighted by atomic mass is 10.2. The molecule has 0 aromatic heterocycles. The normalized spacial score (nSPS) is 30.2. The molecule has 12 heavy (non-hydrogen) atoms. The first-order valence-corrected chi connectivity index (χ1v) is 3.89. The highest BCUT2D eigenvalue weighted by molar-refractivity contribution is 4.80. The third-order valence-electron chi connectivity index (χ3n) is 2.06. The van der Waals surface area contributed by atoms with Crippen LogP contribution in [0.2, 0.25) is 0 Å². The molecule has 0 radical (unpaired) electrons. The van der Waals surface area contributed by atoms with Gasteiger partial charge in [-0.3, -0.25) is 10.0 Å². The van der Waals surface area contributed by atoms with Crippen LogP contribution in [0, 0.1) is 9.81 Å². The molecule has 0 aromatic carbocycles. The van der Waals surface area contributed by atoms with Crippen molar-refractivity contribution < 1.29 is 0 Å². The van der Waals surface area contributed by atoms with E-state index in [1.807, 2.05) is 13.8 Å². The van der Waals surface area contributed by atoms with Crippen LogP contribution in [0.15, 0.2) is 10.6 Å². The van der Waals surface area contributed by atoms with Crippen LogP contribution in [0.25, 0.3) is 0 Å². The number of rotatable bonds is 2. The first-order valence-electron chi connectivity index (χ1n) is 3.89. The molecule has 1 rings (SSSR count). The van der Waals surface area contributed by atoms with Crippen molar-refractivity contribution in [1.82, 2.24) is 10.0 Å². The zero-order valence-electron chi connectivity index (χ0n) is 7.17. The predicted octanol–water partition coefficient (Wildman–Crippen LogP) is 0.744. The molecule has 2 unspecified atom stereocenters. The summed E-state index contributed by atoms with van der Waals surface area (Å²) in [6.45, 7) is 4.63. The van der Waals surface area contributed by atoms with Gasteiger partial charge >= 0.3 is 0 Å². The summed E-state index contributed by atoms with van der Waals surface area (Å²) in [4.78, 5) is 20.5. The van der Waals surface area contributed by atoms with E-state index in [2.05, 4.69) is 10.6 Å². The van der Waals surface area contributed by atoms with E-state index >= 15 is 0 Å². The highest BCUT2D eigenvalue weighted by Crippen LogP contribution is 2.15. The van der Waals surface area contributed by atoms with Crippen molar-refractivity contribution in [1.29, 1.82) is 0 Å². The van der Waals surface area contributed by atoms with Crippen LogP contribution in [0.1, 0.15) is 13.8 Å². The first kappa shape index (κ1) is 8.89. The van der Waals surface area contributed by atoms with Crippen LogP contribution in [-0.4, -0.2) is 35.2 Å². The summed E-state index contributed by atoms with van der Waals surface area (Å²) in [5.41, 5.74) is 0. The summed E-state index contributed by atoms with van der Waals surface area (Å²) in [5, 5.41) is 8.59. The summed E-state index contributed by atoms with van der Waals surface area (Å²) in [6, 6.07) is -0.0760. The lowest BCUT2D eigenvalue weighted by Crippen LogP contribution is -2.52. The van der Waals surface area contributed by atoms with Crippen LogP contribution in [0.4, 0.5) is 0 Å². The molecule has 1 fully saturated rings. The van der Waals surface area contributed by atoms with Crippen molar-refractivity contribution in [2.45, 2.75) is 25.9 Å². The smallest absolute Gasteiger partial charge is 0.0671 e. The minimum Gasteiger partial charge on any atom is -0.257 e. The second kappa shape index (κ2) is 3.46. The SMILES string of the molecule is CC1CN(N=O)CC(C)N1N=O. The van der Waals surface area contributed by atoms with E-state index in [0.29, 0.717) is 13.1 Å². The van der Waals surface area contributed by atoms with Crippen LogP contribution in [0.3, 0.4) is 0 Å². The van der Waals surface area contributed by atoms with E-state index in [1.165, 1.54) is 10.0 Å². The van der Waals surface area contributed by atoms with Gasteiger partial charge in [-0.05, 0) is 13.8 Å². The van der Waals surface area contributed by atoms with E-state index < -0.39 is 0 Å². The molecule has 68 valence electrons. The molecule has 0 aliphatic carbocycles. The van der Waals surface area contributed by atoms with Crippen LogP contribution < -0.4 is 0 Å². The zero-order chi connectivity index (χ0) is 9.14. The van der Waals surface area contributed by atoms with E-state index in [-0.39, 0.29) is 12.1 Å². The second-order valence-corrected chi connectivity index (χ2v) is 3.11. The maximum absolute atomic E-state index is 10.3. The lowest BCUT2D eigenvalue weighted by Gasteiger charge is -2.37. The quantitative estimate of drug-likeness (QED) is 0.576. The van der Waals surface area contributed by atoms with Crippen molar-refractivity contribution in [3.63, 3.8) is 0 Å². The van der Waals surface area contributed by atoms with Gasteiger partial charge in [-0.25, -0.2) is 0 Å². The number of nitrogens with zero attached hydrogens (tertiary/aromatic N) is 4. The Morgan fingerprint density at radius 3 is 1.92 bits per heavy atom. The highest BCUT2D eigenvalue weighted by atomic mass is 16.3. The molecule has 0 saturated carbocycles. The van der Waals surface area contributed by atoms with Crippen molar-refractivity contribution >= 4 is 0 Å². The van der Waals surface area contributed by atoms with Gasteiger partial charge < -0.3 is 0 Å². The molecule has 0 N–H and O–H groups in total. The molecule has 6 heteroatoms. The van der Waals surface area contributed by atoms with Crippen LogP contribution >= 0.6 is 0 Å². The van der Waals surface area contributed by atoms with Gasteiger partial charge in [0.15, 0.2) is 0 Å². The molecule has 1 saturated heterocycles. The molecule has 1 heterocycles. The average Bonchev–Trinajstić information content (AvgIpc) is 2.03. The number of nitroso groups, excluding NO2 is 2. The van der Waals surface area contributed by atoms with Gasteiger partial charge in [0.25, 0.3) is 0 Å². The molecule has 0 spiro atoms. The Labute approximate surface area is 70.4 Å². The van der Waals surface area contributed by atoms with Crippen molar-refractivity contribution in [2.24, 2.45) is 10.6 Å². The summed E-state index contributed by atoms with van der Waals surface area (Å²) < 4.78 is 0. The van der Waals surface area contributed by atoms with E-state index in [0.717, 1.165) is 0 Å². The van der Waals surface area contributed by atoms with Gasteiger partial charge in [0.1, 0.15) is 0 Å². The molecule has 1 aliphatic heterocycles. The van der Waals surface area contributed by atoms with Gasteiger partial charge in [0, 0.05) is 0 Å². The van der Waals surface area contributed by atoms with Crippen LogP contribution in [-0.2, 0) is 0 Å². The first-order chi connectivity index (χ1) is 5.69. The second-order valence-electron chi connectivity index (χ2n) is 3.11. The molecule has 2 atom stereocenters. The Morgan fingerprint density at radius 2 is 1.58 bits per heavy atom. The molecular weight excluding hydrogens is 160 g/mol. The zero-order valence-corrected chi connectivity index (χ0v) is 7.17. The fourth-order valence-corrected chi connectivity index (χ4v) is 1.51. The molecule has 6 nitrogen and oxygen atoms in total. The van der Waals surface area contributed by atoms with Gasteiger partial charge in [-0.1, -0.05) is 0 Å². The third kappa shape index (κ3) is 1.51. The van der Waals surface area contributed by atoms with Crippen molar-refractivity contribution in [2.75, 3.05) is 13.1 Å². The predicted molar refractivity (Wildman–Crippen MR) is 43.9 cm³/mol. The Kier molecular flexibility index (Phi) is 2.57. The Bertz CT molecular complexity index is 174. The number of hydrogen-bond acceptors (Lipinski definition) is 4. The van der Waals surface area contributed by atoms with E-state index in [1.54, 1.807) is 0 Å². The minimum absolute atomic E-state index is 0.0380. The molecule has 0 bridgehead atoms.